The van der Waals surface area contributed by atoms with E-state index in [4.69, 9.17) is 9.15 Å². The molecule has 0 fully saturated rings. The first-order valence-electron chi connectivity index (χ1n) is 9.86. The minimum atomic E-state index is -0.116. The summed E-state index contributed by atoms with van der Waals surface area (Å²) in [5, 5.41) is 12.1. The number of hydrogen-bond acceptors (Lipinski definition) is 6. The van der Waals surface area contributed by atoms with Gasteiger partial charge in [0.15, 0.2) is 10.9 Å². The molecule has 0 unspecified atom stereocenters. The molecule has 4 rings (SSSR count). The highest BCUT2D eigenvalue weighted by Crippen LogP contribution is 2.29. The number of carbonyl (C=O) groups is 1. The van der Waals surface area contributed by atoms with E-state index in [2.05, 4.69) is 15.5 Å². The Hall–Kier alpha value is -3.52. The molecule has 7 nitrogen and oxygen atoms in total. The van der Waals surface area contributed by atoms with Crippen LogP contribution in [-0.4, -0.2) is 33.0 Å². The summed E-state index contributed by atoms with van der Waals surface area (Å²) >= 11 is 1.31. The lowest BCUT2D eigenvalue weighted by Gasteiger charge is -2.10. The van der Waals surface area contributed by atoms with E-state index in [0.717, 1.165) is 22.7 Å². The van der Waals surface area contributed by atoms with Crippen LogP contribution in [0.2, 0.25) is 0 Å². The highest BCUT2D eigenvalue weighted by atomic mass is 32.2. The summed E-state index contributed by atoms with van der Waals surface area (Å²) in [6.45, 7) is 4.55. The van der Waals surface area contributed by atoms with Gasteiger partial charge in [-0.25, -0.2) is 0 Å². The molecule has 1 N–H and O–H groups in total. The second-order valence-corrected chi connectivity index (χ2v) is 7.69. The molecule has 158 valence electrons. The van der Waals surface area contributed by atoms with Crippen LogP contribution in [0.4, 0.5) is 5.69 Å². The molecule has 2 heterocycles. The lowest BCUT2D eigenvalue weighted by molar-refractivity contribution is -0.113. The fraction of sp³-hybridized carbons (Fsp3) is 0.174. The Morgan fingerprint density at radius 1 is 1.10 bits per heavy atom. The maximum atomic E-state index is 12.4. The molecule has 0 spiro atoms. The highest BCUT2D eigenvalue weighted by molar-refractivity contribution is 7.99. The van der Waals surface area contributed by atoms with Gasteiger partial charge in [0.2, 0.25) is 11.7 Å². The number of furan rings is 1. The molecule has 0 aliphatic heterocycles. The molecular weight excluding hydrogens is 412 g/mol. The normalized spacial score (nSPS) is 10.8. The molecule has 2 aromatic heterocycles. The molecule has 31 heavy (non-hydrogen) atoms. The highest BCUT2D eigenvalue weighted by Gasteiger charge is 2.19. The number of ether oxygens (including phenoxy) is 1. The van der Waals surface area contributed by atoms with Gasteiger partial charge in [-0.3, -0.25) is 9.36 Å². The third-order valence-corrected chi connectivity index (χ3v) is 5.38. The first-order chi connectivity index (χ1) is 15.1. The summed E-state index contributed by atoms with van der Waals surface area (Å²) in [6.07, 6.45) is 1.59. The number of thioether (sulfide) groups is 1. The van der Waals surface area contributed by atoms with Crippen molar-refractivity contribution in [3.63, 3.8) is 0 Å². The minimum Gasteiger partial charge on any atom is -0.494 e. The summed E-state index contributed by atoms with van der Waals surface area (Å²) < 4.78 is 12.9. The molecule has 0 saturated carbocycles. The number of hydrogen-bond donors (Lipinski definition) is 1. The Bertz CT molecular complexity index is 1140. The van der Waals surface area contributed by atoms with Gasteiger partial charge in [-0.05, 0) is 62.4 Å². The van der Waals surface area contributed by atoms with Crippen molar-refractivity contribution in [2.75, 3.05) is 17.7 Å². The van der Waals surface area contributed by atoms with Gasteiger partial charge in [0.05, 0.1) is 24.3 Å². The molecule has 8 heteroatoms. The average Bonchev–Trinajstić information content (AvgIpc) is 3.44. The maximum absolute atomic E-state index is 12.4. The number of amides is 1. The third kappa shape index (κ3) is 4.97. The topological polar surface area (TPSA) is 82.2 Å². The van der Waals surface area contributed by atoms with E-state index >= 15 is 0 Å². The summed E-state index contributed by atoms with van der Waals surface area (Å²) in [6, 6.07) is 19.0. The van der Waals surface area contributed by atoms with Gasteiger partial charge in [-0.2, -0.15) is 0 Å². The number of carbonyl (C=O) groups excluding carboxylic acids is 1. The van der Waals surface area contributed by atoms with Crippen LogP contribution in [-0.2, 0) is 4.79 Å². The minimum absolute atomic E-state index is 0.116. The van der Waals surface area contributed by atoms with Crippen LogP contribution >= 0.6 is 11.8 Å². The number of nitrogens with zero attached hydrogens (tertiary/aromatic N) is 3. The van der Waals surface area contributed by atoms with Crippen LogP contribution in [0.1, 0.15) is 12.5 Å². The van der Waals surface area contributed by atoms with Crippen molar-refractivity contribution >= 4 is 23.4 Å². The molecule has 0 atom stereocenters. The van der Waals surface area contributed by atoms with Crippen molar-refractivity contribution in [3.05, 3.63) is 72.5 Å². The summed E-state index contributed by atoms with van der Waals surface area (Å²) in [5.41, 5.74) is 2.75. The quantitative estimate of drug-likeness (QED) is 0.395. The van der Waals surface area contributed by atoms with Gasteiger partial charge >= 0.3 is 0 Å². The molecule has 1 amide bonds. The number of rotatable bonds is 8. The number of aryl methyl sites for hydroxylation is 1. The fourth-order valence-corrected chi connectivity index (χ4v) is 3.74. The van der Waals surface area contributed by atoms with Gasteiger partial charge in [0.1, 0.15) is 5.75 Å². The van der Waals surface area contributed by atoms with Crippen LogP contribution in [0.3, 0.4) is 0 Å². The van der Waals surface area contributed by atoms with Crippen molar-refractivity contribution in [1.29, 1.82) is 0 Å². The second-order valence-electron chi connectivity index (χ2n) is 6.75. The third-order valence-electron chi connectivity index (χ3n) is 4.45. The lowest BCUT2D eigenvalue weighted by Crippen LogP contribution is -2.14. The van der Waals surface area contributed by atoms with E-state index in [1.165, 1.54) is 11.8 Å². The molecule has 4 aromatic rings. The molecule has 0 aliphatic carbocycles. The average molecular weight is 435 g/mol. The van der Waals surface area contributed by atoms with Gasteiger partial charge in [0.25, 0.3) is 0 Å². The van der Waals surface area contributed by atoms with Crippen LogP contribution in [0.5, 0.6) is 5.75 Å². The SMILES string of the molecule is CCOc1ccc(-n2c(SCC(=O)Nc3ccc(C)cc3)nnc2-c2ccco2)cc1. The van der Waals surface area contributed by atoms with E-state index in [1.54, 1.807) is 12.3 Å². The van der Waals surface area contributed by atoms with E-state index in [1.807, 2.05) is 73.0 Å². The largest absolute Gasteiger partial charge is 0.494 e. The zero-order valence-corrected chi connectivity index (χ0v) is 18.1. The number of nitrogens with one attached hydrogen (secondary N) is 1. The van der Waals surface area contributed by atoms with Crippen LogP contribution in [0.15, 0.2) is 76.5 Å². The Kier molecular flexibility index (Phi) is 6.37. The number of anilines is 1. The first kappa shape index (κ1) is 20.7. The first-order valence-corrected chi connectivity index (χ1v) is 10.8. The summed E-state index contributed by atoms with van der Waals surface area (Å²) in [5.74, 6) is 2.02. The Balaban J connectivity index is 1.55. The van der Waals surface area contributed by atoms with E-state index in [0.29, 0.717) is 23.3 Å². The molecule has 0 radical (unpaired) electrons. The van der Waals surface area contributed by atoms with Gasteiger partial charge in [-0.15, -0.1) is 10.2 Å². The monoisotopic (exact) mass is 434 g/mol. The fourth-order valence-electron chi connectivity index (χ4n) is 2.98. The molecule has 0 saturated heterocycles. The van der Waals surface area contributed by atoms with E-state index < -0.39 is 0 Å². The lowest BCUT2D eigenvalue weighted by atomic mass is 10.2. The smallest absolute Gasteiger partial charge is 0.234 e. The Labute approximate surface area is 184 Å². The van der Waals surface area contributed by atoms with Gasteiger partial charge < -0.3 is 14.5 Å². The predicted octanol–water partition coefficient (Wildman–Crippen LogP) is 4.97. The molecular formula is C23H22N4O3S. The van der Waals surface area contributed by atoms with E-state index in [9.17, 15) is 4.79 Å². The Morgan fingerprint density at radius 3 is 2.55 bits per heavy atom. The zero-order chi connectivity index (χ0) is 21.6. The van der Waals surface area contributed by atoms with Crippen molar-refractivity contribution in [1.82, 2.24) is 14.8 Å². The number of aromatic nitrogens is 3. The summed E-state index contributed by atoms with van der Waals surface area (Å²) in [7, 11) is 0. The maximum Gasteiger partial charge on any atom is 0.234 e. The standard InChI is InChI=1S/C23H22N4O3S/c1-3-29-19-12-10-18(11-13-19)27-22(20-5-4-14-30-20)25-26-23(27)31-15-21(28)24-17-8-6-16(2)7-9-17/h4-14H,3,15H2,1-2H3,(H,24,28). The number of benzene rings is 2. The zero-order valence-electron chi connectivity index (χ0n) is 17.2. The molecule has 0 aliphatic rings. The molecule has 2 aromatic carbocycles. The van der Waals surface area contributed by atoms with Crippen molar-refractivity contribution in [2.24, 2.45) is 0 Å². The van der Waals surface area contributed by atoms with Crippen molar-refractivity contribution in [3.8, 4) is 23.0 Å². The second kappa shape index (κ2) is 9.53. The van der Waals surface area contributed by atoms with Gasteiger partial charge in [-0.1, -0.05) is 29.5 Å². The van der Waals surface area contributed by atoms with Crippen molar-refractivity contribution < 1.29 is 13.9 Å². The van der Waals surface area contributed by atoms with Crippen LogP contribution in [0.25, 0.3) is 17.3 Å². The summed E-state index contributed by atoms with van der Waals surface area (Å²) in [4.78, 5) is 12.4. The van der Waals surface area contributed by atoms with Crippen LogP contribution in [0, 0.1) is 6.92 Å². The van der Waals surface area contributed by atoms with Crippen LogP contribution < -0.4 is 10.1 Å². The van der Waals surface area contributed by atoms with E-state index in [-0.39, 0.29) is 11.7 Å². The molecule has 0 bridgehead atoms. The van der Waals surface area contributed by atoms with Crippen molar-refractivity contribution in [2.45, 2.75) is 19.0 Å². The van der Waals surface area contributed by atoms with Gasteiger partial charge in [0, 0.05) is 5.69 Å². The Morgan fingerprint density at radius 2 is 1.87 bits per heavy atom. The predicted molar refractivity (Wildman–Crippen MR) is 121 cm³/mol.